The summed E-state index contributed by atoms with van der Waals surface area (Å²) < 4.78 is 5.56. The number of likely N-dealkylation sites (N-methyl/N-ethyl adjacent to an activating group) is 1. The van der Waals surface area contributed by atoms with Gasteiger partial charge in [0.25, 0.3) is 0 Å². The van der Waals surface area contributed by atoms with Crippen LogP contribution in [0.4, 0.5) is 0 Å². The summed E-state index contributed by atoms with van der Waals surface area (Å²) in [5.41, 5.74) is 3.16. The van der Waals surface area contributed by atoms with Gasteiger partial charge in [0.15, 0.2) is 0 Å². The molecule has 0 fully saturated rings. The van der Waals surface area contributed by atoms with Crippen molar-refractivity contribution in [2.45, 2.75) is 26.0 Å². The molecule has 0 aliphatic carbocycles. The molecule has 1 atom stereocenters. The third-order valence-corrected chi connectivity index (χ3v) is 3.83. The summed E-state index contributed by atoms with van der Waals surface area (Å²) in [4.78, 5) is 2.08. The van der Waals surface area contributed by atoms with E-state index in [-0.39, 0.29) is 6.61 Å². The monoisotopic (exact) mass is 324 g/mol. The summed E-state index contributed by atoms with van der Waals surface area (Å²) in [6.07, 6.45) is 0.474. The van der Waals surface area contributed by atoms with Crippen molar-refractivity contribution in [3.63, 3.8) is 0 Å². The molecule has 0 saturated heterocycles. The van der Waals surface area contributed by atoms with Crippen LogP contribution >= 0.6 is 0 Å². The average Bonchev–Trinajstić information content (AvgIpc) is 2.61. The summed E-state index contributed by atoms with van der Waals surface area (Å²) in [5.74, 6) is 0.658. The Hall–Kier alpha value is -2.35. The molecule has 1 unspecified atom stereocenters. The SMILES string of the molecule is CCc1ccc(CN(C)CC(O)COc2ccc(C#N)cc2)cc1. The van der Waals surface area contributed by atoms with Crippen molar-refractivity contribution in [1.29, 1.82) is 5.26 Å². The number of aryl methyl sites for hydroxylation is 1. The highest BCUT2D eigenvalue weighted by molar-refractivity contribution is 5.34. The van der Waals surface area contributed by atoms with E-state index in [0.29, 0.717) is 17.9 Å². The highest BCUT2D eigenvalue weighted by atomic mass is 16.5. The zero-order valence-electron chi connectivity index (χ0n) is 14.3. The molecule has 0 amide bonds. The van der Waals surface area contributed by atoms with Gasteiger partial charge in [0, 0.05) is 13.1 Å². The molecule has 126 valence electrons. The van der Waals surface area contributed by atoms with Crippen LogP contribution in [0.1, 0.15) is 23.6 Å². The first-order valence-electron chi connectivity index (χ1n) is 8.18. The smallest absolute Gasteiger partial charge is 0.119 e. The third-order valence-electron chi connectivity index (χ3n) is 3.83. The lowest BCUT2D eigenvalue weighted by atomic mass is 10.1. The molecule has 0 radical (unpaired) electrons. The molecule has 0 spiro atoms. The second kappa shape index (κ2) is 9.07. The van der Waals surface area contributed by atoms with E-state index in [9.17, 15) is 5.11 Å². The standard InChI is InChI=1S/C20H24N2O2/c1-3-16-4-6-18(7-5-16)13-22(2)14-19(23)15-24-20-10-8-17(12-21)9-11-20/h4-11,19,23H,3,13-15H2,1-2H3. The fraction of sp³-hybridized carbons (Fsp3) is 0.350. The number of aliphatic hydroxyl groups excluding tert-OH is 1. The lowest BCUT2D eigenvalue weighted by molar-refractivity contribution is 0.0744. The van der Waals surface area contributed by atoms with Gasteiger partial charge < -0.3 is 9.84 Å². The molecule has 2 aromatic carbocycles. The number of nitrogens with zero attached hydrogens (tertiary/aromatic N) is 2. The van der Waals surface area contributed by atoms with Gasteiger partial charge in [-0.2, -0.15) is 5.26 Å². The van der Waals surface area contributed by atoms with Gasteiger partial charge in [0.2, 0.25) is 0 Å². The quantitative estimate of drug-likeness (QED) is 0.811. The minimum Gasteiger partial charge on any atom is -0.491 e. The summed E-state index contributed by atoms with van der Waals surface area (Å²) in [7, 11) is 1.98. The van der Waals surface area contributed by atoms with Gasteiger partial charge >= 0.3 is 0 Å². The average molecular weight is 324 g/mol. The van der Waals surface area contributed by atoms with Crippen molar-refractivity contribution in [2.75, 3.05) is 20.2 Å². The van der Waals surface area contributed by atoms with E-state index >= 15 is 0 Å². The topological polar surface area (TPSA) is 56.5 Å². The van der Waals surface area contributed by atoms with Gasteiger partial charge in [-0.3, -0.25) is 4.90 Å². The van der Waals surface area contributed by atoms with Crippen LogP contribution in [0.5, 0.6) is 5.75 Å². The molecule has 24 heavy (non-hydrogen) atoms. The van der Waals surface area contributed by atoms with E-state index < -0.39 is 6.10 Å². The minimum absolute atomic E-state index is 0.227. The Bertz CT molecular complexity index is 660. The van der Waals surface area contributed by atoms with Gasteiger partial charge in [-0.25, -0.2) is 0 Å². The Kier molecular flexibility index (Phi) is 6.80. The molecule has 2 aromatic rings. The Balaban J connectivity index is 1.75. The molecular weight excluding hydrogens is 300 g/mol. The Labute approximate surface area is 143 Å². The molecule has 0 bridgehead atoms. The first-order valence-corrected chi connectivity index (χ1v) is 8.18. The summed E-state index contributed by atoms with van der Waals surface area (Å²) >= 11 is 0. The van der Waals surface area contributed by atoms with Gasteiger partial charge in [-0.15, -0.1) is 0 Å². The van der Waals surface area contributed by atoms with E-state index in [1.54, 1.807) is 24.3 Å². The molecule has 0 heterocycles. The predicted molar refractivity (Wildman–Crippen MR) is 94.8 cm³/mol. The van der Waals surface area contributed by atoms with Crippen LogP contribution in [0, 0.1) is 11.3 Å². The highest BCUT2D eigenvalue weighted by Gasteiger charge is 2.10. The van der Waals surface area contributed by atoms with E-state index in [4.69, 9.17) is 10.00 Å². The van der Waals surface area contributed by atoms with Crippen molar-refractivity contribution in [3.8, 4) is 11.8 Å². The Morgan fingerprint density at radius 2 is 1.71 bits per heavy atom. The Morgan fingerprint density at radius 3 is 2.29 bits per heavy atom. The maximum atomic E-state index is 10.1. The lowest BCUT2D eigenvalue weighted by Crippen LogP contribution is -2.32. The molecule has 4 heteroatoms. The third kappa shape index (κ3) is 5.69. The van der Waals surface area contributed by atoms with Crippen molar-refractivity contribution >= 4 is 0 Å². The number of hydrogen-bond donors (Lipinski definition) is 1. The second-order valence-electron chi connectivity index (χ2n) is 5.97. The maximum Gasteiger partial charge on any atom is 0.119 e. The van der Waals surface area contributed by atoms with E-state index in [1.165, 1.54) is 11.1 Å². The Morgan fingerprint density at radius 1 is 1.08 bits per heavy atom. The molecule has 0 aliphatic rings. The molecule has 1 N–H and O–H groups in total. The van der Waals surface area contributed by atoms with Crippen molar-refractivity contribution in [3.05, 3.63) is 65.2 Å². The zero-order valence-corrected chi connectivity index (χ0v) is 14.3. The van der Waals surface area contributed by atoms with Crippen LogP contribution in [-0.4, -0.2) is 36.3 Å². The number of nitriles is 1. The van der Waals surface area contributed by atoms with Gasteiger partial charge in [0.05, 0.1) is 11.6 Å². The van der Waals surface area contributed by atoms with E-state index in [2.05, 4.69) is 42.2 Å². The second-order valence-corrected chi connectivity index (χ2v) is 5.97. The first kappa shape index (κ1) is 18.0. The largest absolute Gasteiger partial charge is 0.491 e. The summed E-state index contributed by atoms with van der Waals surface area (Å²) in [6, 6.07) is 17.5. The number of hydrogen-bond acceptors (Lipinski definition) is 4. The maximum absolute atomic E-state index is 10.1. The van der Waals surface area contributed by atoms with Crippen LogP contribution in [0.2, 0.25) is 0 Å². The highest BCUT2D eigenvalue weighted by Crippen LogP contribution is 2.12. The predicted octanol–water partition coefficient (Wildman–Crippen LogP) is 2.99. The zero-order chi connectivity index (χ0) is 17.4. The van der Waals surface area contributed by atoms with Crippen LogP contribution < -0.4 is 4.74 Å². The molecule has 4 nitrogen and oxygen atoms in total. The van der Waals surface area contributed by atoms with Crippen LogP contribution in [0.3, 0.4) is 0 Å². The minimum atomic E-state index is -0.569. The fourth-order valence-corrected chi connectivity index (χ4v) is 2.49. The molecule has 2 rings (SSSR count). The van der Waals surface area contributed by atoms with Gasteiger partial charge in [0.1, 0.15) is 18.5 Å². The molecule has 0 aliphatic heterocycles. The van der Waals surface area contributed by atoms with Crippen LogP contribution in [0.15, 0.2) is 48.5 Å². The first-order chi connectivity index (χ1) is 11.6. The summed E-state index contributed by atoms with van der Waals surface area (Å²) in [6.45, 7) is 3.69. The number of aliphatic hydroxyl groups is 1. The molecule has 0 aromatic heterocycles. The number of ether oxygens (including phenoxy) is 1. The number of benzene rings is 2. The van der Waals surface area contributed by atoms with E-state index in [0.717, 1.165) is 13.0 Å². The fourth-order valence-electron chi connectivity index (χ4n) is 2.49. The van der Waals surface area contributed by atoms with Crippen molar-refractivity contribution in [2.24, 2.45) is 0 Å². The van der Waals surface area contributed by atoms with Gasteiger partial charge in [-0.05, 0) is 48.9 Å². The van der Waals surface area contributed by atoms with E-state index in [1.807, 2.05) is 7.05 Å². The van der Waals surface area contributed by atoms with Crippen LogP contribution in [0.25, 0.3) is 0 Å². The molecular formula is C20H24N2O2. The van der Waals surface area contributed by atoms with Crippen molar-refractivity contribution < 1.29 is 9.84 Å². The van der Waals surface area contributed by atoms with Gasteiger partial charge in [-0.1, -0.05) is 31.2 Å². The van der Waals surface area contributed by atoms with Crippen molar-refractivity contribution in [1.82, 2.24) is 4.90 Å². The normalized spacial score (nSPS) is 12.0. The van der Waals surface area contributed by atoms with Crippen LogP contribution in [-0.2, 0) is 13.0 Å². The molecule has 0 saturated carbocycles. The lowest BCUT2D eigenvalue weighted by Gasteiger charge is -2.21. The summed E-state index contributed by atoms with van der Waals surface area (Å²) in [5, 5.41) is 18.9. The number of rotatable bonds is 8.